The third kappa shape index (κ3) is 2.01. The molecule has 0 bridgehead atoms. The van der Waals surface area contributed by atoms with Gasteiger partial charge in [0.1, 0.15) is 9.88 Å². The molecular weight excluding hydrogens is 248 g/mol. The quantitative estimate of drug-likeness (QED) is 0.921. The predicted octanol–water partition coefficient (Wildman–Crippen LogP) is 3.09. The molecule has 1 saturated carbocycles. The Morgan fingerprint density at radius 3 is 2.78 bits per heavy atom. The van der Waals surface area contributed by atoms with Crippen LogP contribution in [-0.2, 0) is 0 Å². The molecule has 2 aromatic heterocycles. The van der Waals surface area contributed by atoms with Crippen molar-refractivity contribution in [2.75, 3.05) is 0 Å². The Morgan fingerprint density at radius 1 is 1.44 bits per heavy atom. The average Bonchev–Trinajstić information content (AvgIpc) is 3.09. The van der Waals surface area contributed by atoms with Crippen LogP contribution < -0.4 is 0 Å². The number of carboxylic acids is 1. The number of hydrogen-bond acceptors (Lipinski definition) is 4. The predicted molar refractivity (Wildman–Crippen MR) is 69.0 cm³/mol. The molecule has 0 amide bonds. The summed E-state index contributed by atoms with van der Waals surface area (Å²) in [5, 5.41) is 9.90. The summed E-state index contributed by atoms with van der Waals surface area (Å²) in [7, 11) is 0. The molecule has 0 radical (unpaired) electrons. The highest BCUT2D eigenvalue weighted by molar-refractivity contribution is 7.17. The van der Waals surface area contributed by atoms with E-state index in [1.165, 1.54) is 11.3 Å². The Kier molecular flexibility index (Phi) is 2.63. The van der Waals surface area contributed by atoms with E-state index in [-0.39, 0.29) is 0 Å². The minimum Gasteiger partial charge on any atom is -0.477 e. The molecule has 3 rings (SSSR count). The van der Waals surface area contributed by atoms with Crippen molar-refractivity contribution >= 4 is 17.3 Å². The zero-order valence-electron chi connectivity index (χ0n) is 9.88. The molecule has 18 heavy (non-hydrogen) atoms. The van der Waals surface area contributed by atoms with Crippen LogP contribution in [0.25, 0.3) is 10.7 Å². The molecule has 0 atom stereocenters. The van der Waals surface area contributed by atoms with Gasteiger partial charge in [0.15, 0.2) is 0 Å². The van der Waals surface area contributed by atoms with E-state index in [2.05, 4.69) is 9.97 Å². The summed E-state index contributed by atoms with van der Waals surface area (Å²) in [6.07, 6.45) is 3.86. The lowest BCUT2D eigenvalue weighted by atomic mass is 10.2. The van der Waals surface area contributed by atoms with Crippen molar-refractivity contribution in [1.82, 2.24) is 9.97 Å². The van der Waals surface area contributed by atoms with Gasteiger partial charge in [0.2, 0.25) is 0 Å². The summed E-state index contributed by atoms with van der Waals surface area (Å²) in [4.78, 5) is 20.3. The number of hydrogen-bond donors (Lipinski definition) is 1. The first-order valence-corrected chi connectivity index (χ1v) is 6.64. The number of thiazole rings is 1. The lowest BCUT2D eigenvalue weighted by Crippen LogP contribution is -1.97. The molecule has 0 aliphatic heterocycles. The number of rotatable bonds is 3. The van der Waals surface area contributed by atoms with Crippen molar-refractivity contribution in [3.8, 4) is 10.7 Å². The molecule has 2 aromatic rings. The maximum Gasteiger partial charge on any atom is 0.347 e. The van der Waals surface area contributed by atoms with Gasteiger partial charge in [-0.15, -0.1) is 11.3 Å². The van der Waals surface area contributed by atoms with Crippen LogP contribution in [0.3, 0.4) is 0 Å². The topological polar surface area (TPSA) is 63.1 Å². The monoisotopic (exact) mass is 260 g/mol. The van der Waals surface area contributed by atoms with Crippen molar-refractivity contribution in [1.29, 1.82) is 0 Å². The van der Waals surface area contributed by atoms with E-state index in [1.807, 2.05) is 19.1 Å². The van der Waals surface area contributed by atoms with Crippen LogP contribution in [0, 0.1) is 6.92 Å². The first-order chi connectivity index (χ1) is 8.65. The molecule has 1 N–H and O–H groups in total. The number of aromatic carboxylic acids is 1. The third-order valence-corrected chi connectivity index (χ3v) is 4.02. The SMILES string of the molecule is Cc1ccc(-c2nc(C3CC3)c(C(=O)O)s2)nc1. The molecule has 0 saturated heterocycles. The minimum absolute atomic E-state index is 0.339. The van der Waals surface area contributed by atoms with E-state index in [0.717, 1.165) is 29.8 Å². The Labute approximate surface area is 108 Å². The summed E-state index contributed by atoms with van der Waals surface area (Å²) in [6.45, 7) is 1.97. The smallest absolute Gasteiger partial charge is 0.347 e. The molecule has 1 fully saturated rings. The first-order valence-electron chi connectivity index (χ1n) is 5.82. The van der Waals surface area contributed by atoms with E-state index in [9.17, 15) is 9.90 Å². The fraction of sp³-hybridized carbons (Fsp3) is 0.308. The van der Waals surface area contributed by atoms with Gasteiger partial charge in [0.05, 0.1) is 11.4 Å². The molecule has 0 spiro atoms. The number of pyridine rings is 1. The van der Waals surface area contributed by atoms with Crippen LogP contribution in [0.5, 0.6) is 0 Å². The zero-order valence-corrected chi connectivity index (χ0v) is 10.7. The number of aromatic nitrogens is 2. The summed E-state index contributed by atoms with van der Waals surface area (Å²) >= 11 is 1.22. The number of aryl methyl sites for hydroxylation is 1. The highest BCUT2D eigenvalue weighted by Crippen LogP contribution is 2.43. The lowest BCUT2D eigenvalue weighted by Gasteiger charge is -1.95. The molecule has 2 heterocycles. The lowest BCUT2D eigenvalue weighted by molar-refractivity contribution is 0.0700. The Balaban J connectivity index is 2.04. The van der Waals surface area contributed by atoms with Crippen molar-refractivity contribution < 1.29 is 9.90 Å². The highest BCUT2D eigenvalue weighted by Gasteiger charge is 2.32. The van der Waals surface area contributed by atoms with Gasteiger partial charge in [0, 0.05) is 12.1 Å². The number of carbonyl (C=O) groups is 1. The van der Waals surface area contributed by atoms with Crippen LogP contribution >= 0.6 is 11.3 Å². The van der Waals surface area contributed by atoms with Crippen LogP contribution in [0.2, 0.25) is 0 Å². The van der Waals surface area contributed by atoms with Gasteiger partial charge in [0.25, 0.3) is 0 Å². The molecule has 1 aliphatic carbocycles. The van der Waals surface area contributed by atoms with Gasteiger partial charge in [-0.2, -0.15) is 0 Å². The second-order valence-corrected chi connectivity index (χ2v) is 5.53. The largest absolute Gasteiger partial charge is 0.477 e. The first kappa shape index (κ1) is 11.3. The summed E-state index contributed by atoms with van der Waals surface area (Å²) in [6, 6.07) is 3.84. The molecule has 0 unspecified atom stereocenters. The molecular formula is C13H12N2O2S. The van der Waals surface area contributed by atoms with Gasteiger partial charge in [-0.25, -0.2) is 9.78 Å². The summed E-state index contributed by atoms with van der Waals surface area (Å²) in [5.41, 5.74) is 2.57. The molecule has 92 valence electrons. The van der Waals surface area contributed by atoms with Gasteiger partial charge in [-0.05, 0) is 31.4 Å². The zero-order chi connectivity index (χ0) is 12.7. The van der Waals surface area contributed by atoms with Crippen molar-refractivity contribution in [2.24, 2.45) is 0 Å². The standard InChI is InChI=1S/C13H12N2O2S/c1-7-2-5-9(14-6-7)12-15-10(8-3-4-8)11(18-12)13(16)17/h2,5-6,8H,3-4H2,1H3,(H,16,17). The third-order valence-electron chi connectivity index (χ3n) is 2.94. The summed E-state index contributed by atoms with van der Waals surface area (Å²) in [5.74, 6) is -0.542. The van der Waals surface area contributed by atoms with Crippen LogP contribution in [-0.4, -0.2) is 21.0 Å². The number of nitrogens with zero attached hydrogens (tertiary/aromatic N) is 2. The van der Waals surface area contributed by atoms with Crippen molar-refractivity contribution in [3.05, 3.63) is 34.5 Å². The number of carboxylic acid groups (broad SMARTS) is 1. The van der Waals surface area contributed by atoms with E-state index < -0.39 is 5.97 Å². The van der Waals surface area contributed by atoms with Crippen LogP contribution in [0.15, 0.2) is 18.3 Å². The maximum atomic E-state index is 11.2. The Hall–Kier alpha value is -1.75. The van der Waals surface area contributed by atoms with Crippen molar-refractivity contribution in [2.45, 2.75) is 25.7 Å². The van der Waals surface area contributed by atoms with E-state index in [0.29, 0.717) is 15.8 Å². The van der Waals surface area contributed by atoms with Gasteiger partial charge in [-0.3, -0.25) is 4.98 Å². The van der Waals surface area contributed by atoms with Crippen molar-refractivity contribution in [3.63, 3.8) is 0 Å². The molecule has 0 aromatic carbocycles. The fourth-order valence-electron chi connectivity index (χ4n) is 1.82. The van der Waals surface area contributed by atoms with E-state index >= 15 is 0 Å². The fourth-order valence-corrected chi connectivity index (χ4v) is 2.79. The second-order valence-electron chi connectivity index (χ2n) is 4.53. The van der Waals surface area contributed by atoms with Gasteiger partial charge < -0.3 is 5.11 Å². The average molecular weight is 260 g/mol. The van der Waals surface area contributed by atoms with Crippen LogP contribution in [0.4, 0.5) is 0 Å². The van der Waals surface area contributed by atoms with Crippen LogP contribution in [0.1, 0.15) is 39.7 Å². The minimum atomic E-state index is -0.882. The van der Waals surface area contributed by atoms with E-state index in [4.69, 9.17) is 0 Å². The molecule has 4 nitrogen and oxygen atoms in total. The Morgan fingerprint density at radius 2 is 2.22 bits per heavy atom. The summed E-state index contributed by atoms with van der Waals surface area (Å²) < 4.78 is 0. The van der Waals surface area contributed by atoms with E-state index in [1.54, 1.807) is 6.20 Å². The molecule has 5 heteroatoms. The maximum absolute atomic E-state index is 11.2. The normalized spacial score (nSPS) is 14.7. The molecule has 1 aliphatic rings. The second kappa shape index (κ2) is 4.17. The van der Waals surface area contributed by atoms with Gasteiger partial charge >= 0.3 is 5.97 Å². The highest BCUT2D eigenvalue weighted by atomic mass is 32.1. The van der Waals surface area contributed by atoms with Gasteiger partial charge in [-0.1, -0.05) is 6.07 Å². The Bertz CT molecular complexity index is 600.